The van der Waals surface area contributed by atoms with Gasteiger partial charge in [0.25, 0.3) is 0 Å². The molecule has 1 N–H and O–H groups in total. The maximum absolute atomic E-state index is 12.9. The molecule has 5 heteroatoms. The van der Waals surface area contributed by atoms with Crippen molar-refractivity contribution in [3.05, 3.63) is 52.3 Å². The lowest BCUT2D eigenvalue weighted by molar-refractivity contribution is 0.308. The third kappa shape index (κ3) is 4.11. The van der Waals surface area contributed by atoms with Crippen molar-refractivity contribution in [2.75, 3.05) is 19.0 Å². The summed E-state index contributed by atoms with van der Waals surface area (Å²) < 4.78 is 24.6. The van der Waals surface area contributed by atoms with Crippen molar-refractivity contribution >= 4 is 21.6 Å². The molecular weight excluding hydrogens is 337 g/mol. The molecule has 0 fully saturated rings. The van der Waals surface area contributed by atoms with Crippen molar-refractivity contribution in [3.63, 3.8) is 0 Å². The number of halogens is 2. The van der Waals surface area contributed by atoms with Crippen LogP contribution in [-0.4, -0.2) is 13.7 Å². The predicted octanol–water partition coefficient (Wildman–Crippen LogP) is 4.61. The second-order valence-electron chi connectivity index (χ2n) is 4.40. The Morgan fingerprint density at radius 2 is 1.90 bits per heavy atom. The Hall–Kier alpha value is -1.75. The van der Waals surface area contributed by atoms with Gasteiger partial charge in [-0.3, -0.25) is 0 Å². The van der Waals surface area contributed by atoms with Gasteiger partial charge in [-0.15, -0.1) is 0 Å². The van der Waals surface area contributed by atoms with Crippen molar-refractivity contribution in [1.29, 1.82) is 0 Å². The minimum atomic E-state index is -0.244. The first-order valence-electron chi connectivity index (χ1n) is 6.62. The number of methoxy groups -OCH3 is 1. The molecular formula is C16H17BrFNO2. The third-order valence-electron chi connectivity index (χ3n) is 2.92. The van der Waals surface area contributed by atoms with Gasteiger partial charge in [-0.1, -0.05) is 0 Å². The van der Waals surface area contributed by atoms with E-state index in [4.69, 9.17) is 9.47 Å². The molecule has 0 aliphatic heterocycles. The fraction of sp³-hybridized carbons (Fsp3) is 0.250. The molecule has 2 rings (SSSR count). The molecule has 0 aliphatic rings. The number of rotatable bonds is 6. The first-order valence-corrected chi connectivity index (χ1v) is 7.42. The van der Waals surface area contributed by atoms with Gasteiger partial charge in [0.2, 0.25) is 0 Å². The highest BCUT2D eigenvalue weighted by molar-refractivity contribution is 9.10. The van der Waals surface area contributed by atoms with Gasteiger partial charge in [0.1, 0.15) is 5.82 Å². The summed E-state index contributed by atoms with van der Waals surface area (Å²) in [4.78, 5) is 0. The standard InChI is InChI=1S/C16H17BrFNO2/c1-3-21-16-14(17)8-11(9-15(16)20-2)10-19-13-6-4-12(18)5-7-13/h4-9,19H,3,10H2,1-2H3. The van der Waals surface area contributed by atoms with Crippen molar-refractivity contribution in [2.24, 2.45) is 0 Å². The maximum Gasteiger partial charge on any atom is 0.175 e. The zero-order chi connectivity index (χ0) is 15.2. The highest BCUT2D eigenvalue weighted by Crippen LogP contribution is 2.36. The lowest BCUT2D eigenvalue weighted by Gasteiger charge is -2.14. The molecule has 0 atom stereocenters. The van der Waals surface area contributed by atoms with Crippen LogP contribution >= 0.6 is 15.9 Å². The molecule has 0 aromatic heterocycles. The van der Waals surface area contributed by atoms with Crippen molar-refractivity contribution in [3.8, 4) is 11.5 Å². The van der Waals surface area contributed by atoms with Crippen LogP contribution in [0.4, 0.5) is 10.1 Å². The van der Waals surface area contributed by atoms with Crippen molar-refractivity contribution in [1.82, 2.24) is 0 Å². The van der Waals surface area contributed by atoms with E-state index in [1.807, 2.05) is 19.1 Å². The first-order chi connectivity index (χ1) is 10.1. The molecule has 0 amide bonds. The third-order valence-corrected chi connectivity index (χ3v) is 3.51. The minimum absolute atomic E-state index is 0.244. The summed E-state index contributed by atoms with van der Waals surface area (Å²) in [5, 5.41) is 3.23. The Morgan fingerprint density at radius 3 is 2.52 bits per heavy atom. The summed E-state index contributed by atoms with van der Waals surface area (Å²) in [5.74, 6) is 1.14. The average Bonchev–Trinajstić information content (AvgIpc) is 2.49. The topological polar surface area (TPSA) is 30.5 Å². The summed E-state index contributed by atoms with van der Waals surface area (Å²) in [7, 11) is 1.61. The highest BCUT2D eigenvalue weighted by Gasteiger charge is 2.11. The van der Waals surface area contributed by atoms with Crippen LogP contribution in [0.1, 0.15) is 12.5 Å². The van der Waals surface area contributed by atoms with E-state index in [9.17, 15) is 4.39 Å². The molecule has 2 aromatic carbocycles. The smallest absolute Gasteiger partial charge is 0.175 e. The fourth-order valence-corrected chi connectivity index (χ4v) is 2.54. The SMILES string of the molecule is CCOc1c(Br)cc(CNc2ccc(F)cc2)cc1OC. The molecule has 0 heterocycles. The highest BCUT2D eigenvalue weighted by atomic mass is 79.9. The summed E-state index contributed by atoms with van der Waals surface area (Å²) in [6.45, 7) is 3.10. The van der Waals surface area contributed by atoms with E-state index in [2.05, 4.69) is 21.2 Å². The number of benzene rings is 2. The minimum Gasteiger partial charge on any atom is -0.493 e. The molecule has 0 aliphatic carbocycles. The number of hydrogen-bond donors (Lipinski definition) is 1. The second kappa shape index (κ2) is 7.31. The monoisotopic (exact) mass is 353 g/mol. The lowest BCUT2D eigenvalue weighted by atomic mass is 10.2. The predicted molar refractivity (Wildman–Crippen MR) is 85.6 cm³/mol. The summed E-state index contributed by atoms with van der Waals surface area (Å²) in [6, 6.07) is 10.2. The average molecular weight is 354 g/mol. The quantitative estimate of drug-likeness (QED) is 0.822. The van der Waals surface area contributed by atoms with Crippen LogP contribution in [0.15, 0.2) is 40.9 Å². The van der Waals surface area contributed by atoms with Crippen LogP contribution in [0.3, 0.4) is 0 Å². The van der Waals surface area contributed by atoms with Gasteiger partial charge < -0.3 is 14.8 Å². The molecule has 0 bridgehead atoms. The van der Waals surface area contributed by atoms with Crippen LogP contribution in [0, 0.1) is 5.82 Å². The van der Waals surface area contributed by atoms with Gasteiger partial charge in [-0.25, -0.2) is 4.39 Å². The van der Waals surface area contributed by atoms with Gasteiger partial charge in [-0.05, 0) is 64.8 Å². The molecule has 0 radical (unpaired) electrons. The van der Waals surface area contributed by atoms with E-state index in [-0.39, 0.29) is 5.82 Å². The van der Waals surface area contributed by atoms with Crippen LogP contribution in [0.5, 0.6) is 11.5 Å². The molecule has 3 nitrogen and oxygen atoms in total. The summed E-state index contributed by atoms with van der Waals surface area (Å²) >= 11 is 3.49. The van der Waals surface area contributed by atoms with E-state index < -0.39 is 0 Å². The molecule has 0 unspecified atom stereocenters. The molecule has 0 saturated carbocycles. The second-order valence-corrected chi connectivity index (χ2v) is 5.26. The van der Waals surface area contributed by atoms with Gasteiger partial charge in [0.15, 0.2) is 11.5 Å². The van der Waals surface area contributed by atoms with E-state index in [0.717, 1.165) is 15.7 Å². The molecule has 21 heavy (non-hydrogen) atoms. The summed E-state index contributed by atoms with van der Waals surface area (Å²) in [6.07, 6.45) is 0. The van der Waals surface area contributed by atoms with E-state index >= 15 is 0 Å². The zero-order valence-corrected chi connectivity index (χ0v) is 13.5. The normalized spacial score (nSPS) is 10.3. The van der Waals surface area contributed by atoms with Crippen LogP contribution in [0.2, 0.25) is 0 Å². The number of anilines is 1. The number of nitrogens with one attached hydrogen (secondary N) is 1. The number of hydrogen-bond acceptors (Lipinski definition) is 3. The van der Waals surface area contributed by atoms with Crippen LogP contribution < -0.4 is 14.8 Å². The Labute approximate surface area is 132 Å². The van der Waals surface area contributed by atoms with E-state index in [0.29, 0.717) is 24.7 Å². The van der Waals surface area contributed by atoms with Gasteiger partial charge in [-0.2, -0.15) is 0 Å². The largest absolute Gasteiger partial charge is 0.493 e. The van der Waals surface area contributed by atoms with Crippen LogP contribution in [-0.2, 0) is 6.54 Å². The van der Waals surface area contributed by atoms with Gasteiger partial charge in [0.05, 0.1) is 18.2 Å². The lowest BCUT2D eigenvalue weighted by Crippen LogP contribution is -2.02. The van der Waals surface area contributed by atoms with Gasteiger partial charge in [0, 0.05) is 12.2 Å². The first kappa shape index (κ1) is 15.6. The zero-order valence-electron chi connectivity index (χ0n) is 12.0. The Morgan fingerprint density at radius 1 is 1.19 bits per heavy atom. The van der Waals surface area contributed by atoms with Crippen LogP contribution in [0.25, 0.3) is 0 Å². The van der Waals surface area contributed by atoms with E-state index in [1.165, 1.54) is 12.1 Å². The molecule has 0 saturated heterocycles. The van der Waals surface area contributed by atoms with Crippen molar-refractivity contribution in [2.45, 2.75) is 13.5 Å². The Kier molecular flexibility index (Phi) is 5.44. The molecule has 2 aromatic rings. The Bertz CT molecular complexity index is 602. The number of ether oxygens (including phenoxy) is 2. The van der Waals surface area contributed by atoms with Crippen molar-refractivity contribution < 1.29 is 13.9 Å². The maximum atomic E-state index is 12.9. The molecule has 112 valence electrons. The molecule has 0 spiro atoms. The Balaban J connectivity index is 2.13. The van der Waals surface area contributed by atoms with E-state index in [1.54, 1.807) is 19.2 Å². The fourth-order valence-electron chi connectivity index (χ4n) is 1.93. The summed E-state index contributed by atoms with van der Waals surface area (Å²) in [5.41, 5.74) is 1.90. The van der Waals surface area contributed by atoms with Gasteiger partial charge >= 0.3 is 0 Å².